The van der Waals surface area contributed by atoms with Gasteiger partial charge in [-0.25, -0.2) is 4.98 Å². The summed E-state index contributed by atoms with van der Waals surface area (Å²) < 4.78 is 7.54. The van der Waals surface area contributed by atoms with Crippen molar-refractivity contribution in [2.45, 2.75) is 13.5 Å². The van der Waals surface area contributed by atoms with Gasteiger partial charge < -0.3 is 20.4 Å². The Morgan fingerprint density at radius 2 is 2.10 bits per heavy atom. The molecule has 0 unspecified atom stereocenters. The average molecular weight is 420 g/mol. The van der Waals surface area contributed by atoms with Crippen LogP contribution in [0.1, 0.15) is 21.6 Å². The maximum atomic E-state index is 12.0. The molecule has 30 heavy (non-hydrogen) atoms. The molecule has 1 amide bonds. The van der Waals surface area contributed by atoms with Gasteiger partial charge in [-0.3, -0.25) is 9.78 Å². The quantitative estimate of drug-likeness (QED) is 0.468. The molecular weight excluding hydrogens is 398 g/mol. The van der Waals surface area contributed by atoms with Crippen LogP contribution in [0.15, 0.2) is 60.2 Å². The monoisotopic (exact) mass is 419 g/mol. The van der Waals surface area contributed by atoms with Crippen LogP contribution in [0.4, 0.5) is 10.8 Å². The first kappa shape index (κ1) is 19.7. The molecule has 0 aliphatic rings. The van der Waals surface area contributed by atoms with E-state index in [9.17, 15) is 4.79 Å². The maximum Gasteiger partial charge on any atom is 0.250 e. The number of carbonyl (C=O) groups is 1. The topological polar surface area (TPSA) is 95.1 Å². The molecule has 0 bridgehead atoms. The Hall–Kier alpha value is -3.65. The third-order valence-corrected chi connectivity index (χ3v) is 5.59. The SMILES string of the molecule is COc1ccccc1Cn1c(-c2csc(Nc3cccnc3)n2)cc(C(N)=O)c1C. The highest BCUT2D eigenvalue weighted by Gasteiger charge is 2.19. The number of carbonyl (C=O) groups excluding carboxylic acids is 1. The zero-order valence-corrected chi connectivity index (χ0v) is 17.4. The molecule has 0 fully saturated rings. The molecule has 0 atom stereocenters. The summed E-state index contributed by atoms with van der Waals surface area (Å²) in [7, 11) is 1.65. The Labute approximate surface area is 178 Å². The summed E-state index contributed by atoms with van der Waals surface area (Å²) in [6, 6.07) is 13.4. The highest BCUT2D eigenvalue weighted by molar-refractivity contribution is 7.14. The van der Waals surface area contributed by atoms with E-state index in [-0.39, 0.29) is 0 Å². The van der Waals surface area contributed by atoms with Crippen molar-refractivity contribution < 1.29 is 9.53 Å². The second-order valence-corrected chi connectivity index (χ2v) is 7.55. The number of nitrogens with zero attached hydrogens (tertiary/aromatic N) is 3. The molecule has 0 radical (unpaired) electrons. The number of anilines is 2. The number of benzene rings is 1. The first-order chi connectivity index (χ1) is 14.6. The fraction of sp³-hybridized carbons (Fsp3) is 0.136. The first-order valence-electron chi connectivity index (χ1n) is 9.31. The molecule has 8 heteroatoms. The van der Waals surface area contributed by atoms with Gasteiger partial charge in [0, 0.05) is 22.8 Å². The van der Waals surface area contributed by atoms with Gasteiger partial charge in [-0.1, -0.05) is 18.2 Å². The molecule has 4 aromatic rings. The lowest BCUT2D eigenvalue weighted by molar-refractivity contribution is 0.0999. The molecule has 3 aromatic heterocycles. The Bertz CT molecular complexity index is 1180. The van der Waals surface area contributed by atoms with Gasteiger partial charge in [-0.2, -0.15) is 0 Å². The standard InChI is InChI=1S/C22H21N5O2S/c1-14-17(21(23)28)10-19(27(14)12-15-6-3-4-8-20(15)29-2)18-13-30-22(26-18)25-16-7-5-9-24-11-16/h3-11,13H,12H2,1-2H3,(H2,23,28)(H,25,26). The van der Waals surface area contributed by atoms with Crippen molar-refractivity contribution in [1.29, 1.82) is 0 Å². The van der Waals surface area contributed by atoms with E-state index in [1.807, 2.05) is 53.3 Å². The van der Waals surface area contributed by atoms with Gasteiger partial charge in [0.05, 0.1) is 42.5 Å². The number of amides is 1. The Morgan fingerprint density at radius 1 is 1.27 bits per heavy atom. The van der Waals surface area contributed by atoms with Gasteiger partial charge in [-0.15, -0.1) is 11.3 Å². The largest absolute Gasteiger partial charge is 0.496 e. The van der Waals surface area contributed by atoms with Gasteiger partial charge in [0.15, 0.2) is 5.13 Å². The van der Waals surface area contributed by atoms with Crippen LogP contribution in [0.5, 0.6) is 5.75 Å². The lowest BCUT2D eigenvalue weighted by Crippen LogP contribution is -2.13. The highest BCUT2D eigenvalue weighted by atomic mass is 32.1. The van der Waals surface area contributed by atoms with Crippen molar-refractivity contribution in [3.63, 3.8) is 0 Å². The Balaban J connectivity index is 1.73. The number of methoxy groups -OCH3 is 1. The number of pyridine rings is 1. The minimum atomic E-state index is -0.462. The van der Waals surface area contributed by atoms with E-state index < -0.39 is 5.91 Å². The second kappa shape index (κ2) is 8.38. The van der Waals surface area contributed by atoms with Crippen LogP contribution in [0.3, 0.4) is 0 Å². The molecular formula is C22H21N5O2S. The van der Waals surface area contributed by atoms with Gasteiger partial charge in [-0.05, 0) is 31.2 Å². The Kier molecular flexibility index (Phi) is 5.49. The fourth-order valence-electron chi connectivity index (χ4n) is 3.32. The van der Waals surface area contributed by atoms with Gasteiger partial charge in [0.1, 0.15) is 5.75 Å². The van der Waals surface area contributed by atoms with E-state index >= 15 is 0 Å². The maximum absolute atomic E-state index is 12.0. The number of rotatable bonds is 7. The predicted octanol–water partition coefficient (Wildman–Crippen LogP) is 4.21. The van der Waals surface area contributed by atoms with Crippen molar-refractivity contribution >= 4 is 28.1 Å². The van der Waals surface area contributed by atoms with E-state index in [4.69, 9.17) is 15.5 Å². The van der Waals surface area contributed by atoms with E-state index in [0.717, 1.165) is 39.2 Å². The third kappa shape index (κ3) is 3.90. The summed E-state index contributed by atoms with van der Waals surface area (Å²) in [5.74, 6) is 0.325. The molecule has 0 aliphatic heterocycles. The molecule has 0 spiro atoms. The number of hydrogen-bond donors (Lipinski definition) is 2. The van der Waals surface area contributed by atoms with Crippen LogP contribution < -0.4 is 15.8 Å². The number of nitrogens with one attached hydrogen (secondary N) is 1. The number of hydrogen-bond acceptors (Lipinski definition) is 6. The average Bonchev–Trinajstić information content (AvgIpc) is 3.34. The molecule has 3 heterocycles. The lowest BCUT2D eigenvalue weighted by Gasteiger charge is -2.13. The van der Waals surface area contributed by atoms with Crippen LogP contribution >= 0.6 is 11.3 Å². The zero-order valence-electron chi connectivity index (χ0n) is 16.6. The number of aromatic nitrogens is 3. The van der Waals surface area contributed by atoms with E-state index in [1.165, 1.54) is 11.3 Å². The van der Waals surface area contributed by atoms with E-state index in [2.05, 4.69) is 10.3 Å². The van der Waals surface area contributed by atoms with Crippen molar-refractivity contribution in [2.24, 2.45) is 5.73 Å². The minimum Gasteiger partial charge on any atom is -0.496 e. The number of para-hydroxylation sites is 1. The van der Waals surface area contributed by atoms with E-state index in [1.54, 1.807) is 25.6 Å². The first-order valence-corrected chi connectivity index (χ1v) is 10.2. The van der Waals surface area contributed by atoms with Crippen LogP contribution in [0.25, 0.3) is 11.4 Å². The van der Waals surface area contributed by atoms with Gasteiger partial charge >= 0.3 is 0 Å². The minimum absolute atomic E-state index is 0.462. The number of thiazole rings is 1. The molecule has 3 N–H and O–H groups in total. The van der Waals surface area contributed by atoms with Crippen molar-refractivity contribution in [2.75, 3.05) is 12.4 Å². The summed E-state index contributed by atoms with van der Waals surface area (Å²) in [4.78, 5) is 20.8. The summed E-state index contributed by atoms with van der Waals surface area (Å²) in [6.07, 6.45) is 3.46. The molecule has 4 rings (SSSR count). The van der Waals surface area contributed by atoms with E-state index in [0.29, 0.717) is 12.1 Å². The van der Waals surface area contributed by atoms with Crippen LogP contribution in [-0.4, -0.2) is 27.6 Å². The fourth-order valence-corrected chi connectivity index (χ4v) is 4.05. The Morgan fingerprint density at radius 3 is 2.83 bits per heavy atom. The summed E-state index contributed by atoms with van der Waals surface area (Å²) in [5, 5.41) is 5.94. The molecule has 0 saturated carbocycles. The van der Waals surface area contributed by atoms with Crippen LogP contribution in [0, 0.1) is 6.92 Å². The van der Waals surface area contributed by atoms with Crippen LogP contribution in [-0.2, 0) is 6.54 Å². The molecule has 0 saturated heterocycles. The van der Waals surface area contributed by atoms with Crippen molar-refractivity contribution in [3.05, 3.63) is 77.1 Å². The van der Waals surface area contributed by atoms with Gasteiger partial charge in [0.25, 0.3) is 5.91 Å². The summed E-state index contributed by atoms with van der Waals surface area (Å²) in [5.41, 5.74) is 10.3. The predicted molar refractivity (Wildman–Crippen MR) is 118 cm³/mol. The van der Waals surface area contributed by atoms with Crippen LogP contribution in [0.2, 0.25) is 0 Å². The van der Waals surface area contributed by atoms with Crippen molar-refractivity contribution in [3.8, 4) is 17.1 Å². The smallest absolute Gasteiger partial charge is 0.250 e. The third-order valence-electron chi connectivity index (χ3n) is 4.83. The number of primary amides is 1. The molecule has 7 nitrogen and oxygen atoms in total. The normalized spacial score (nSPS) is 10.7. The summed E-state index contributed by atoms with van der Waals surface area (Å²) in [6.45, 7) is 2.42. The molecule has 1 aromatic carbocycles. The van der Waals surface area contributed by atoms with Gasteiger partial charge in [0.2, 0.25) is 0 Å². The molecule has 0 aliphatic carbocycles. The second-order valence-electron chi connectivity index (χ2n) is 6.70. The lowest BCUT2D eigenvalue weighted by atomic mass is 10.2. The van der Waals surface area contributed by atoms with Crippen molar-refractivity contribution in [1.82, 2.24) is 14.5 Å². The highest BCUT2D eigenvalue weighted by Crippen LogP contribution is 2.32. The molecule has 152 valence electrons. The summed E-state index contributed by atoms with van der Waals surface area (Å²) >= 11 is 1.48. The number of ether oxygens (including phenoxy) is 1. The number of nitrogens with two attached hydrogens (primary N) is 1. The zero-order chi connectivity index (χ0) is 21.1.